The maximum Gasteiger partial charge on any atom is 0.302 e. The van der Waals surface area contributed by atoms with Crippen LogP contribution < -0.4 is 0 Å². The van der Waals surface area contributed by atoms with Crippen LogP contribution in [0.1, 0.15) is 13.3 Å². The molecule has 0 heterocycles. The molecule has 0 bridgehead atoms. The molecule has 12 heavy (non-hydrogen) atoms. The topological polar surface area (TPSA) is 26.3 Å². The van der Waals surface area contributed by atoms with Gasteiger partial charge in [0.25, 0.3) is 3.93 Å². The zero-order valence-corrected chi connectivity index (χ0v) is 10.6. The van der Waals surface area contributed by atoms with Gasteiger partial charge in [-0.05, 0) is 22.6 Å². The number of rotatable bonds is 4. The highest BCUT2D eigenvalue weighted by molar-refractivity contribution is 14.1. The van der Waals surface area contributed by atoms with E-state index >= 15 is 0 Å². The summed E-state index contributed by atoms with van der Waals surface area (Å²) >= 11 is 2.91. The number of carbonyl (C=O) groups excluding carboxylic acids is 1. The van der Waals surface area contributed by atoms with Gasteiger partial charge in [0.15, 0.2) is 0 Å². The van der Waals surface area contributed by atoms with Crippen molar-refractivity contribution < 1.29 is 18.3 Å². The Kier molecular flexibility index (Phi) is 5.87. The van der Waals surface area contributed by atoms with Crippen LogP contribution in [0.3, 0.4) is 0 Å². The molecule has 72 valence electrons. The Hall–Kier alpha value is 0.790. The zero-order valence-electron chi connectivity index (χ0n) is 6.32. The van der Waals surface area contributed by atoms with Gasteiger partial charge in [0.2, 0.25) is 0 Å². The summed E-state index contributed by atoms with van der Waals surface area (Å²) in [6, 6.07) is 0. The maximum atomic E-state index is 12.3. The number of carbonyl (C=O) groups is 1. The Morgan fingerprint density at radius 3 is 2.50 bits per heavy atom. The maximum absolute atomic E-state index is 12.3. The quantitative estimate of drug-likeness (QED) is 0.410. The van der Waals surface area contributed by atoms with E-state index in [2.05, 4.69) is 4.74 Å². The number of hydrogen-bond acceptors (Lipinski definition) is 2. The molecule has 0 aliphatic carbocycles. The lowest BCUT2D eigenvalue weighted by atomic mass is 10.3. The summed E-state index contributed by atoms with van der Waals surface area (Å²) < 4.78 is 26.2. The second kappa shape index (κ2) is 5.51. The molecule has 1 atom stereocenters. The van der Waals surface area contributed by atoms with Crippen LogP contribution in [0.2, 0.25) is 0 Å². The van der Waals surface area contributed by atoms with Gasteiger partial charge in [0.1, 0.15) is 6.61 Å². The van der Waals surface area contributed by atoms with Crippen molar-refractivity contribution in [2.45, 2.75) is 21.2 Å². The molecule has 0 radical (unpaired) electrons. The van der Waals surface area contributed by atoms with Gasteiger partial charge in [0.05, 0.1) is 3.92 Å². The van der Waals surface area contributed by atoms with Gasteiger partial charge in [-0.2, -0.15) is 8.78 Å². The van der Waals surface area contributed by atoms with Crippen molar-refractivity contribution in [1.82, 2.24) is 0 Å². The van der Waals surface area contributed by atoms with Crippen LogP contribution in [0.4, 0.5) is 8.78 Å². The molecule has 0 saturated heterocycles. The molecule has 2 nitrogen and oxygen atoms in total. The molecule has 0 aliphatic heterocycles. The van der Waals surface area contributed by atoms with E-state index in [1.165, 1.54) is 6.92 Å². The average Bonchev–Trinajstić information content (AvgIpc) is 1.79. The van der Waals surface area contributed by atoms with E-state index < -0.39 is 9.90 Å². The third-order valence-corrected chi connectivity index (χ3v) is 2.16. The number of alkyl halides is 4. The Morgan fingerprint density at radius 1 is 1.67 bits per heavy atom. The predicted octanol–water partition coefficient (Wildman–Crippen LogP) is 2.77. The fraction of sp³-hybridized carbons (Fsp3) is 0.833. The normalized spacial score (nSPS) is 14.1. The van der Waals surface area contributed by atoms with Gasteiger partial charge in [-0.3, -0.25) is 4.79 Å². The van der Waals surface area contributed by atoms with E-state index in [1.54, 1.807) is 0 Å². The van der Waals surface area contributed by atoms with E-state index in [9.17, 15) is 13.6 Å². The molecule has 6 heteroatoms. The third kappa shape index (κ3) is 8.88. The highest BCUT2D eigenvalue weighted by Crippen LogP contribution is 2.30. The standard InChI is InChI=1S/C6H8F2I2O2/c1-4(11)12-3-5(9)2-6(7,8)10/h5H,2-3H2,1H3. The first kappa shape index (κ1) is 12.8. The number of ether oxygens (including phenoxy) is 1. The molecule has 0 rings (SSSR count). The average molecular weight is 404 g/mol. The first-order valence-electron chi connectivity index (χ1n) is 3.15. The minimum Gasteiger partial charge on any atom is -0.465 e. The van der Waals surface area contributed by atoms with E-state index in [4.69, 9.17) is 0 Å². The lowest BCUT2D eigenvalue weighted by Gasteiger charge is -2.13. The molecule has 0 aliphatic rings. The van der Waals surface area contributed by atoms with Crippen molar-refractivity contribution in [3.63, 3.8) is 0 Å². The summed E-state index contributed by atoms with van der Waals surface area (Å²) in [7, 11) is 0. The van der Waals surface area contributed by atoms with Crippen molar-refractivity contribution in [3.05, 3.63) is 0 Å². The number of esters is 1. The van der Waals surface area contributed by atoms with E-state index in [0.29, 0.717) is 0 Å². The summed E-state index contributed by atoms with van der Waals surface area (Å²) in [5.41, 5.74) is 0. The van der Waals surface area contributed by atoms with Crippen LogP contribution in [0.15, 0.2) is 0 Å². The summed E-state index contributed by atoms with van der Waals surface area (Å²) in [4.78, 5) is 10.3. The van der Waals surface area contributed by atoms with Crippen molar-refractivity contribution >= 4 is 51.2 Å². The third-order valence-electron chi connectivity index (χ3n) is 0.920. The number of halogens is 4. The monoisotopic (exact) mass is 404 g/mol. The fourth-order valence-electron chi connectivity index (χ4n) is 0.518. The number of hydrogen-bond donors (Lipinski definition) is 0. The fourth-order valence-corrected chi connectivity index (χ4v) is 2.63. The first-order chi connectivity index (χ1) is 5.31. The van der Waals surface area contributed by atoms with Crippen LogP contribution in [0.25, 0.3) is 0 Å². The molecule has 0 aromatic rings. The molecule has 0 N–H and O–H groups in total. The summed E-state index contributed by atoms with van der Waals surface area (Å²) in [5, 5.41) is 0. The summed E-state index contributed by atoms with van der Waals surface area (Å²) in [5.74, 6) is -0.437. The van der Waals surface area contributed by atoms with Crippen molar-refractivity contribution in [1.29, 1.82) is 0 Å². The molecule has 0 aromatic heterocycles. The van der Waals surface area contributed by atoms with Crippen LogP contribution >= 0.6 is 45.2 Å². The lowest BCUT2D eigenvalue weighted by Crippen LogP contribution is -2.18. The lowest BCUT2D eigenvalue weighted by molar-refractivity contribution is -0.141. The molecule has 0 amide bonds. The van der Waals surface area contributed by atoms with Crippen molar-refractivity contribution in [2.24, 2.45) is 0 Å². The van der Waals surface area contributed by atoms with E-state index in [1.807, 2.05) is 22.6 Å². The second-order valence-corrected chi connectivity index (χ2v) is 5.56. The zero-order chi connectivity index (χ0) is 9.78. The molecular formula is C6H8F2I2O2. The highest BCUT2D eigenvalue weighted by atomic mass is 127. The van der Waals surface area contributed by atoms with E-state index in [-0.39, 0.29) is 17.0 Å². The van der Waals surface area contributed by atoms with Gasteiger partial charge in [-0.1, -0.05) is 22.6 Å². The molecule has 1 unspecified atom stereocenters. The van der Waals surface area contributed by atoms with Crippen LogP contribution in [-0.2, 0) is 9.53 Å². The van der Waals surface area contributed by atoms with Crippen LogP contribution in [0.5, 0.6) is 0 Å². The highest BCUT2D eigenvalue weighted by Gasteiger charge is 2.27. The minimum atomic E-state index is -2.72. The van der Waals surface area contributed by atoms with E-state index in [0.717, 1.165) is 22.6 Å². The van der Waals surface area contributed by atoms with Gasteiger partial charge in [-0.15, -0.1) is 0 Å². The second-order valence-electron chi connectivity index (χ2n) is 2.22. The van der Waals surface area contributed by atoms with Crippen molar-refractivity contribution in [3.8, 4) is 0 Å². The van der Waals surface area contributed by atoms with Crippen LogP contribution in [-0.4, -0.2) is 20.4 Å². The Morgan fingerprint density at radius 2 is 2.17 bits per heavy atom. The smallest absolute Gasteiger partial charge is 0.302 e. The van der Waals surface area contributed by atoms with Gasteiger partial charge in [-0.25, -0.2) is 0 Å². The van der Waals surface area contributed by atoms with Gasteiger partial charge >= 0.3 is 5.97 Å². The summed E-state index contributed by atoms with van der Waals surface area (Å²) in [6.45, 7) is 1.31. The minimum absolute atomic E-state index is 0.0501. The Bertz CT molecular complexity index is 158. The molecule has 0 spiro atoms. The molecule has 0 saturated carbocycles. The molecule has 0 fully saturated rings. The SMILES string of the molecule is CC(=O)OCC(I)CC(F)(F)I. The Labute approximate surface area is 96.7 Å². The Balaban J connectivity index is 3.60. The first-order valence-corrected chi connectivity index (χ1v) is 5.48. The predicted molar refractivity (Wildman–Crippen MR) is 58.0 cm³/mol. The van der Waals surface area contributed by atoms with Gasteiger partial charge < -0.3 is 4.74 Å². The van der Waals surface area contributed by atoms with Gasteiger partial charge in [0, 0.05) is 13.3 Å². The molecular weight excluding hydrogens is 396 g/mol. The van der Waals surface area contributed by atoms with Crippen LogP contribution in [0, 0.1) is 0 Å². The van der Waals surface area contributed by atoms with Crippen molar-refractivity contribution in [2.75, 3.05) is 6.61 Å². The molecule has 0 aromatic carbocycles. The summed E-state index contributed by atoms with van der Waals surface area (Å²) in [6.07, 6.45) is -0.276. The largest absolute Gasteiger partial charge is 0.465 e.